The molecule has 1 aliphatic heterocycles. The van der Waals surface area contributed by atoms with Gasteiger partial charge in [0, 0.05) is 43.2 Å². The fraction of sp³-hybridized carbons (Fsp3) is 0.286. The number of sulfonamides is 1. The number of nitrogens with zero attached hydrogens (tertiary/aromatic N) is 2. The molecule has 1 amide bonds. The molecule has 31 heavy (non-hydrogen) atoms. The number of rotatable bonds is 7. The lowest BCUT2D eigenvalue weighted by atomic mass is 10.2. The molecular weight excluding hydrogens is 458 g/mol. The van der Waals surface area contributed by atoms with Gasteiger partial charge in [-0.2, -0.15) is 0 Å². The van der Waals surface area contributed by atoms with Gasteiger partial charge in [-0.25, -0.2) is 13.1 Å². The van der Waals surface area contributed by atoms with Crippen LogP contribution in [0, 0.1) is 0 Å². The zero-order valence-corrected chi connectivity index (χ0v) is 19.0. The van der Waals surface area contributed by atoms with Gasteiger partial charge in [0.15, 0.2) is 0 Å². The third-order valence-electron chi connectivity index (χ3n) is 5.10. The minimum absolute atomic E-state index is 0.0674. The first-order chi connectivity index (χ1) is 14.9. The molecule has 0 unspecified atom stereocenters. The van der Waals surface area contributed by atoms with Gasteiger partial charge in [-0.1, -0.05) is 11.6 Å². The number of carbonyl (C=O) groups excluding carboxylic acids is 1. The average molecular weight is 480 g/mol. The molecule has 0 spiro atoms. The summed E-state index contributed by atoms with van der Waals surface area (Å²) in [7, 11) is -3.69. The highest BCUT2D eigenvalue weighted by atomic mass is 35.5. The first-order valence-corrected chi connectivity index (χ1v) is 12.5. The van der Waals surface area contributed by atoms with Crippen LogP contribution >= 0.6 is 22.9 Å². The van der Waals surface area contributed by atoms with Crippen molar-refractivity contribution < 1.29 is 17.6 Å². The molecule has 0 saturated carbocycles. The Hall–Kier alpha value is -2.17. The van der Waals surface area contributed by atoms with Crippen molar-refractivity contribution in [2.24, 2.45) is 0 Å². The largest absolute Gasteiger partial charge is 0.468 e. The zero-order valence-electron chi connectivity index (χ0n) is 16.7. The Morgan fingerprint density at radius 2 is 1.81 bits per heavy atom. The van der Waals surface area contributed by atoms with Gasteiger partial charge in [0.2, 0.25) is 10.0 Å². The molecule has 1 aliphatic rings. The average Bonchev–Trinajstić information content (AvgIpc) is 3.44. The summed E-state index contributed by atoms with van der Waals surface area (Å²) in [6, 6.07) is 13.3. The van der Waals surface area contributed by atoms with Crippen molar-refractivity contribution in [1.82, 2.24) is 14.5 Å². The molecule has 164 valence electrons. The number of carbonyl (C=O) groups is 1. The van der Waals surface area contributed by atoms with E-state index >= 15 is 0 Å². The summed E-state index contributed by atoms with van der Waals surface area (Å²) in [6.45, 7) is 3.72. The van der Waals surface area contributed by atoms with Crippen LogP contribution in [0.4, 0.5) is 0 Å². The maximum Gasteiger partial charge on any atom is 0.253 e. The number of furan rings is 1. The number of piperazine rings is 1. The molecule has 1 fully saturated rings. The van der Waals surface area contributed by atoms with Gasteiger partial charge in [-0.3, -0.25) is 9.69 Å². The molecule has 10 heteroatoms. The monoisotopic (exact) mass is 479 g/mol. The molecule has 0 bridgehead atoms. The Balaban J connectivity index is 1.32. The minimum Gasteiger partial charge on any atom is -0.468 e. The van der Waals surface area contributed by atoms with Crippen LogP contribution < -0.4 is 4.72 Å². The summed E-state index contributed by atoms with van der Waals surface area (Å²) in [5, 5.41) is 0. The van der Waals surface area contributed by atoms with Crippen LogP contribution in [0.25, 0.3) is 0 Å². The highest BCUT2D eigenvalue weighted by Gasteiger charge is 2.23. The van der Waals surface area contributed by atoms with Crippen LogP contribution in [0.2, 0.25) is 4.34 Å². The smallest absolute Gasteiger partial charge is 0.253 e. The molecule has 1 saturated heterocycles. The fourth-order valence-corrected chi connectivity index (χ4v) is 5.51. The molecule has 1 aromatic carbocycles. The van der Waals surface area contributed by atoms with E-state index in [0.29, 0.717) is 24.4 Å². The Labute approximate surface area is 190 Å². The molecule has 0 radical (unpaired) electrons. The lowest BCUT2D eigenvalue weighted by Gasteiger charge is -2.34. The zero-order chi connectivity index (χ0) is 21.8. The van der Waals surface area contributed by atoms with Crippen LogP contribution in [0.3, 0.4) is 0 Å². The Morgan fingerprint density at radius 3 is 2.42 bits per heavy atom. The fourth-order valence-electron chi connectivity index (χ4n) is 3.39. The normalized spacial score (nSPS) is 15.3. The van der Waals surface area contributed by atoms with Gasteiger partial charge in [-0.05, 0) is 48.5 Å². The lowest BCUT2D eigenvalue weighted by molar-refractivity contribution is 0.0629. The number of halogens is 1. The Morgan fingerprint density at radius 1 is 1.06 bits per heavy atom. The maximum atomic E-state index is 12.8. The van der Waals surface area contributed by atoms with Gasteiger partial charge in [-0.15, -0.1) is 11.3 Å². The molecule has 2 aromatic heterocycles. The quantitative estimate of drug-likeness (QED) is 0.561. The predicted molar refractivity (Wildman–Crippen MR) is 120 cm³/mol. The molecular formula is C21H22ClN3O4S2. The van der Waals surface area contributed by atoms with E-state index in [1.54, 1.807) is 40.5 Å². The second kappa shape index (κ2) is 9.54. The summed E-state index contributed by atoms with van der Waals surface area (Å²) in [6.07, 6.45) is 1.49. The first kappa shape index (κ1) is 22.0. The van der Waals surface area contributed by atoms with E-state index in [4.69, 9.17) is 16.0 Å². The molecule has 1 N–H and O–H groups in total. The van der Waals surface area contributed by atoms with Gasteiger partial charge >= 0.3 is 0 Å². The van der Waals surface area contributed by atoms with E-state index in [-0.39, 0.29) is 17.3 Å². The van der Waals surface area contributed by atoms with Gasteiger partial charge < -0.3 is 9.32 Å². The Bertz CT molecular complexity index is 1120. The van der Waals surface area contributed by atoms with Crippen molar-refractivity contribution in [2.45, 2.75) is 18.0 Å². The topological polar surface area (TPSA) is 82.9 Å². The number of thiophene rings is 1. The number of benzene rings is 1. The first-order valence-electron chi connectivity index (χ1n) is 9.79. The van der Waals surface area contributed by atoms with Crippen LogP contribution in [0.5, 0.6) is 0 Å². The number of amides is 1. The lowest BCUT2D eigenvalue weighted by Crippen LogP contribution is -2.48. The number of hydrogen-bond acceptors (Lipinski definition) is 6. The molecule has 0 aliphatic carbocycles. The maximum absolute atomic E-state index is 12.8. The summed E-state index contributed by atoms with van der Waals surface area (Å²) >= 11 is 7.57. The van der Waals surface area contributed by atoms with Gasteiger partial charge in [0.25, 0.3) is 5.91 Å². The standard InChI is InChI=1S/C21H22ClN3O4S2/c22-20-8-5-18(30-20)15-24-9-11-25(12-10-24)21(26)16-3-6-19(7-4-16)31(27,28)23-14-17-2-1-13-29-17/h1-8,13,23H,9-12,14-15H2. The van der Waals surface area contributed by atoms with E-state index in [9.17, 15) is 13.2 Å². The van der Waals surface area contributed by atoms with E-state index in [1.165, 1.54) is 23.3 Å². The summed E-state index contributed by atoms with van der Waals surface area (Å²) in [4.78, 5) is 18.2. The molecule has 0 atom stereocenters. The highest BCUT2D eigenvalue weighted by Crippen LogP contribution is 2.23. The number of nitrogens with one attached hydrogen (secondary N) is 1. The summed E-state index contributed by atoms with van der Waals surface area (Å²) < 4.78 is 33.3. The SMILES string of the molecule is O=C(c1ccc(S(=O)(=O)NCc2ccco2)cc1)N1CCN(Cc2ccc(Cl)s2)CC1. The molecule has 3 aromatic rings. The van der Waals surface area contributed by atoms with E-state index in [1.807, 2.05) is 12.1 Å². The number of hydrogen-bond donors (Lipinski definition) is 1. The predicted octanol–water partition coefficient (Wildman–Crippen LogP) is 3.43. The van der Waals surface area contributed by atoms with E-state index < -0.39 is 10.0 Å². The molecule has 7 nitrogen and oxygen atoms in total. The van der Waals surface area contributed by atoms with Crippen LogP contribution in [0.15, 0.2) is 64.1 Å². The third-order valence-corrected chi connectivity index (χ3v) is 7.73. The molecule has 4 rings (SSSR count). The van der Waals surface area contributed by atoms with Crippen molar-refractivity contribution in [3.8, 4) is 0 Å². The molecule has 3 heterocycles. The van der Waals surface area contributed by atoms with Crippen LogP contribution in [-0.2, 0) is 23.1 Å². The van der Waals surface area contributed by atoms with Crippen LogP contribution in [-0.4, -0.2) is 50.3 Å². The third kappa shape index (κ3) is 5.55. The Kier molecular flexibility index (Phi) is 6.78. The second-order valence-electron chi connectivity index (χ2n) is 7.20. The van der Waals surface area contributed by atoms with Crippen molar-refractivity contribution in [3.63, 3.8) is 0 Å². The minimum atomic E-state index is -3.69. The van der Waals surface area contributed by atoms with Crippen LogP contribution in [0.1, 0.15) is 21.0 Å². The summed E-state index contributed by atoms with van der Waals surface area (Å²) in [5.41, 5.74) is 0.475. The summed E-state index contributed by atoms with van der Waals surface area (Å²) in [5.74, 6) is 0.433. The van der Waals surface area contributed by atoms with Crippen molar-refractivity contribution in [2.75, 3.05) is 26.2 Å². The van der Waals surface area contributed by atoms with Gasteiger partial charge in [0.1, 0.15) is 5.76 Å². The van der Waals surface area contributed by atoms with Crippen molar-refractivity contribution >= 4 is 38.9 Å². The highest BCUT2D eigenvalue weighted by molar-refractivity contribution is 7.89. The van der Waals surface area contributed by atoms with E-state index in [2.05, 4.69) is 9.62 Å². The van der Waals surface area contributed by atoms with Gasteiger partial charge in [0.05, 0.1) is 22.0 Å². The van der Waals surface area contributed by atoms with Crippen molar-refractivity contribution in [1.29, 1.82) is 0 Å². The van der Waals surface area contributed by atoms with E-state index in [0.717, 1.165) is 24.0 Å². The van der Waals surface area contributed by atoms with Crippen molar-refractivity contribution in [3.05, 3.63) is 75.3 Å². The second-order valence-corrected chi connectivity index (χ2v) is 10.8.